The van der Waals surface area contributed by atoms with Crippen molar-refractivity contribution in [1.29, 1.82) is 0 Å². The summed E-state index contributed by atoms with van der Waals surface area (Å²) in [4.78, 5) is 9.92. The zero-order valence-corrected chi connectivity index (χ0v) is 48.7. The highest BCUT2D eigenvalue weighted by Crippen LogP contribution is 2.53. The van der Waals surface area contributed by atoms with Gasteiger partial charge in [0.05, 0.1) is 28.1 Å². The van der Waals surface area contributed by atoms with Crippen molar-refractivity contribution >= 4 is 44.6 Å². The Bertz CT molecular complexity index is 3980. The maximum Gasteiger partial charge on any atom is 0.137 e. The minimum absolute atomic E-state index is 0.0195. The molecule has 0 fully saturated rings. The summed E-state index contributed by atoms with van der Waals surface area (Å²) in [7, 11) is 0. The molecule has 8 aromatic carbocycles. The van der Waals surface area contributed by atoms with Crippen LogP contribution in [0.25, 0.3) is 61.0 Å². The van der Waals surface area contributed by atoms with E-state index in [-0.39, 0.29) is 27.1 Å². The maximum absolute atomic E-state index is 6.90. The van der Waals surface area contributed by atoms with Crippen LogP contribution in [-0.2, 0) is 27.1 Å². The number of rotatable bonds is 8. The van der Waals surface area contributed by atoms with Gasteiger partial charge in [0.15, 0.2) is 0 Å². The number of hydrogen-bond donors (Lipinski definition) is 0. The second kappa shape index (κ2) is 18.9. The van der Waals surface area contributed by atoms with E-state index in [0.717, 1.165) is 57.2 Å². The average molecular weight is 1040 g/mol. The molecule has 0 atom stereocenters. The van der Waals surface area contributed by atoms with Crippen molar-refractivity contribution in [1.82, 2.24) is 9.55 Å². The van der Waals surface area contributed by atoms with E-state index in [1.165, 1.54) is 78.7 Å². The number of hydrogen-bond acceptors (Lipinski definition) is 4. The molecule has 0 N–H and O–H groups in total. The fourth-order valence-corrected chi connectivity index (χ4v) is 12.5. The standard InChI is InChI=1S/C74H76N4O/c1-70(2,3)51-33-35-56(62(43-51)72(7,8)9)48-28-30-49(31-29-48)57-23-19-24-58(50-32-37-61-63(42-50)74(12,13)40-39-73(61,10)11)69(57)77-47-76(65-26-16-17-27-66(65)77)53-20-18-21-54(45-53)79-55-34-36-60-59-22-14-15-25-64(59)78(67(60)46-55)68-44-52(38-41-75-68)71(4,5)6/h14-38,41-46H,39-40,47H2,1-13H3. The van der Waals surface area contributed by atoms with Gasteiger partial charge in [-0.25, -0.2) is 4.98 Å². The topological polar surface area (TPSA) is 33.5 Å². The highest BCUT2D eigenvalue weighted by atomic mass is 16.5. The minimum Gasteiger partial charge on any atom is -0.457 e. The number of ether oxygens (including phenoxy) is 1. The Morgan fingerprint density at radius 2 is 1.04 bits per heavy atom. The molecule has 0 saturated carbocycles. The quantitative estimate of drug-likeness (QED) is 0.152. The number of nitrogens with zero attached hydrogens (tertiary/aromatic N) is 4. The molecule has 0 radical (unpaired) electrons. The van der Waals surface area contributed by atoms with E-state index in [4.69, 9.17) is 9.72 Å². The summed E-state index contributed by atoms with van der Waals surface area (Å²) >= 11 is 0. The Morgan fingerprint density at radius 1 is 0.443 bits per heavy atom. The first kappa shape index (κ1) is 51.8. The van der Waals surface area contributed by atoms with Gasteiger partial charge in [0.1, 0.15) is 24.0 Å². The smallest absolute Gasteiger partial charge is 0.137 e. The van der Waals surface area contributed by atoms with E-state index >= 15 is 0 Å². The van der Waals surface area contributed by atoms with Gasteiger partial charge in [-0.1, -0.05) is 205 Å². The summed E-state index contributed by atoms with van der Waals surface area (Å²) in [6.45, 7) is 31.0. The molecule has 0 saturated heterocycles. The summed E-state index contributed by atoms with van der Waals surface area (Å²) < 4.78 is 9.17. The van der Waals surface area contributed by atoms with Crippen molar-refractivity contribution in [2.45, 2.75) is 130 Å². The van der Waals surface area contributed by atoms with E-state index in [1.54, 1.807) is 0 Å². The first-order chi connectivity index (χ1) is 37.5. The Morgan fingerprint density at radius 3 is 1.75 bits per heavy atom. The molecule has 2 aliphatic rings. The molecular formula is C74H76N4O. The average Bonchev–Trinajstić information content (AvgIpc) is 4.24. The number of benzene rings is 8. The number of aromatic nitrogens is 2. The van der Waals surface area contributed by atoms with Crippen LogP contribution in [0.5, 0.6) is 11.5 Å². The summed E-state index contributed by atoms with van der Waals surface area (Å²) in [5.74, 6) is 2.43. The van der Waals surface area contributed by atoms with Gasteiger partial charge in [-0.05, 0) is 145 Å². The van der Waals surface area contributed by atoms with Crippen LogP contribution < -0.4 is 14.5 Å². The summed E-state index contributed by atoms with van der Waals surface area (Å²) in [6, 6.07) is 67.6. The summed E-state index contributed by atoms with van der Waals surface area (Å²) in [5.41, 5.74) is 21.2. The van der Waals surface area contributed by atoms with Gasteiger partial charge in [-0.2, -0.15) is 0 Å². The SMILES string of the molecule is CC(C)(C)c1ccnc(-n2c3ccccc3c3ccc(Oc4cccc(N5CN(c6c(-c7ccc(-c8ccc(C(C)(C)C)cc8C(C)(C)C)cc7)cccc6-c6ccc7c(c6)C(C)(C)CCC7(C)C)c6ccccc65)c4)cc32)c1. The summed E-state index contributed by atoms with van der Waals surface area (Å²) in [5, 5.41) is 2.34. The molecule has 12 rings (SSSR count). The zero-order valence-electron chi connectivity index (χ0n) is 48.7. The first-order valence-electron chi connectivity index (χ1n) is 28.5. The Hall–Kier alpha value is -7.89. The molecule has 398 valence electrons. The third kappa shape index (κ3) is 9.39. The van der Waals surface area contributed by atoms with Crippen molar-refractivity contribution in [3.05, 3.63) is 216 Å². The molecular weight excluding hydrogens is 961 g/mol. The Kier molecular flexibility index (Phi) is 12.4. The first-order valence-corrected chi connectivity index (χ1v) is 28.5. The maximum atomic E-state index is 6.90. The largest absolute Gasteiger partial charge is 0.457 e. The van der Waals surface area contributed by atoms with Crippen molar-refractivity contribution in [2.75, 3.05) is 16.5 Å². The lowest BCUT2D eigenvalue weighted by Gasteiger charge is -2.42. The van der Waals surface area contributed by atoms with Gasteiger partial charge in [0, 0.05) is 45.9 Å². The van der Waals surface area contributed by atoms with Crippen LogP contribution in [0.4, 0.5) is 22.7 Å². The Balaban J connectivity index is 0.948. The zero-order chi connectivity index (χ0) is 55.4. The van der Waals surface area contributed by atoms with Crippen LogP contribution in [-0.4, -0.2) is 16.2 Å². The summed E-state index contributed by atoms with van der Waals surface area (Å²) in [6.07, 6.45) is 4.27. The molecule has 5 heteroatoms. The van der Waals surface area contributed by atoms with Gasteiger partial charge < -0.3 is 14.5 Å². The van der Waals surface area contributed by atoms with E-state index < -0.39 is 0 Å². The fourth-order valence-electron chi connectivity index (χ4n) is 12.5. The van der Waals surface area contributed by atoms with E-state index in [1.807, 2.05) is 6.20 Å². The van der Waals surface area contributed by atoms with E-state index in [9.17, 15) is 0 Å². The molecule has 0 spiro atoms. The van der Waals surface area contributed by atoms with Crippen molar-refractivity contribution < 1.29 is 4.74 Å². The predicted octanol–water partition coefficient (Wildman–Crippen LogP) is 20.5. The Labute approximate surface area is 469 Å². The van der Waals surface area contributed by atoms with Crippen molar-refractivity contribution in [3.63, 3.8) is 0 Å². The lowest BCUT2D eigenvalue weighted by atomic mass is 9.63. The van der Waals surface area contributed by atoms with Gasteiger partial charge >= 0.3 is 0 Å². The van der Waals surface area contributed by atoms with E-state index in [2.05, 4.69) is 286 Å². The second-order valence-corrected chi connectivity index (χ2v) is 26.8. The number of anilines is 4. The number of fused-ring (bicyclic) bond motifs is 5. The number of pyridine rings is 1. The van der Waals surface area contributed by atoms with Gasteiger partial charge in [-0.3, -0.25) is 4.57 Å². The molecule has 0 bridgehead atoms. The van der Waals surface area contributed by atoms with Gasteiger partial charge in [0.25, 0.3) is 0 Å². The molecule has 0 unspecified atom stereocenters. The molecule has 10 aromatic rings. The predicted molar refractivity (Wildman–Crippen MR) is 335 cm³/mol. The molecule has 1 aliphatic heterocycles. The van der Waals surface area contributed by atoms with Crippen molar-refractivity contribution in [2.24, 2.45) is 0 Å². The van der Waals surface area contributed by atoms with Crippen LogP contribution in [0.2, 0.25) is 0 Å². The molecule has 3 heterocycles. The highest BCUT2D eigenvalue weighted by Gasteiger charge is 2.38. The molecule has 5 nitrogen and oxygen atoms in total. The lowest BCUT2D eigenvalue weighted by molar-refractivity contribution is 0.332. The second-order valence-electron chi connectivity index (χ2n) is 26.8. The van der Waals surface area contributed by atoms with Crippen LogP contribution >= 0.6 is 0 Å². The van der Waals surface area contributed by atoms with Gasteiger partial charge in [-0.15, -0.1) is 0 Å². The third-order valence-electron chi connectivity index (χ3n) is 17.3. The van der Waals surface area contributed by atoms with Crippen LogP contribution in [0, 0.1) is 0 Å². The van der Waals surface area contributed by atoms with Crippen LogP contribution in [0.3, 0.4) is 0 Å². The van der Waals surface area contributed by atoms with E-state index in [0.29, 0.717) is 6.67 Å². The number of para-hydroxylation sites is 4. The van der Waals surface area contributed by atoms with Gasteiger partial charge in [0.2, 0.25) is 0 Å². The normalized spacial score (nSPS) is 15.2. The van der Waals surface area contributed by atoms with Crippen LogP contribution in [0.1, 0.15) is 131 Å². The third-order valence-corrected chi connectivity index (χ3v) is 17.3. The molecule has 2 aromatic heterocycles. The minimum atomic E-state index is -0.0235. The lowest BCUT2D eigenvalue weighted by Crippen LogP contribution is -2.33. The molecule has 0 amide bonds. The van der Waals surface area contributed by atoms with Crippen LogP contribution in [0.15, 0.2) is 188 Å². The fraction of sp³-hybridized carbons (Fsp3) is 0.284. The highest BCUT2D eigenvalue weighted by molar-refractivity contribution is 6.09. The molecule has 79 heavy (non-hydrogen) atoms. The molecule has 1 aliphatic carbocycles. The van der Waals surface area contributed by atoms with Crippen molar-refractivity contribution in [3.8, 4) is 50.7 Å². The monoisotopic (exact) mass is 1040 g/mol.